The van der Waals surface area contributed by atoms with Crippen LogP contribution in [0.4, 0.5) is 5.69 Å². The average Bonchev–Trinajstić information content (AvgIpc) is 2.49. The number of morpholine rings is 1. The van der Waals surface area contributed by atoms with Crippen molar-refractivity contribution < 1.29 is 19.1 Å². The number of rotatable bonds is 5. The van der Waals surface area contributed by atoms with Gasteiger partial charge in [0.25, 0.3) is 0 Å². The molecule has 1 aromatic rings. The zero-order valence-electron chi connectivity index (χ0n) is 12.3. The molecule has 1 saturated heterocycles. The van der Waals surface area contributed by atoms with Crippen molar-refractivity contribution in [3.63, 3.8) is 0 Å². The molecule has 6 heteroatoms. The van der Waals surface area contributed by atoms with Gasteiger partial charge in [-0.05, 0) is 18.7 Å². The highest BCUT2D eigenvalue weighted by molar-refractivity contribution is 5.95. The summed E-state index contributed by atoms with van der Waals surface area (Å²) in [6.07, 6.45) is 0.0741. The number of carbonyl (C=O) groups excluding carboxylic acids is 2. The predicted octanol–water partition coefficient (Wildman–Crippen LogP) is 1.27. The summed E-state index contributed by atoms with van der Waals surface area (Å²) in [6, 6.07) is 6.64. The molecule has 1 aliphatic rings. The number of nitrogens with one attached hydrogen (secondary N) is 1. The fourth-order valence-corrected chi connectivity index (χ4v) is 2.38. The number of likely N-dealkylation sites (N-methyl/N-ethyl adjacent to an activating group) is 1. The van der Waals surface area contributed by atoms with Crippen molar-refractivity contribution in [2.24, 2.45) is 0 Å². The van der Waals surface area contributed by atoms with Crippen LogP contribution in [0.1, 0.15) is 13.3 Å². The van der Waals surface area contributed by atoms with Gasteiger partial charge in [-0.1, -0.05) is 19.1 Å². The quantitative estimate of drug-likeness (QED) is 0.828. The van der Waals surface area contributed by atoms with Crippen molar-refractivity contribution in [3.05, 3.63) is 24.3 Å². The van der Waals surface area contributed by atoms with Crippen LogP contribution in [0.25, 0.3) is 0 Å². The maximum Gasteiger partial charge on any atom is 0.323 e. The van der Waals surface area contributed by atoms with Gasteiger partial charge in [-0.2, -0.15) is 0 Å². The van der Waals surface area contributed by atoms with Crippen LogP contribution < -0.4 is 10.1 Å². The van der Waals surface area contributed by atoms with Gasteiger partial charge in [-0.25, -0.2) is 0 Å². The number of ether oxygens (including phenoxy) is 2. The molecule has 0 aromatic heterocycles. The van der Waals surface area contributed by atoms with Gasteiger partial charge in [-0.3, -0.25) is 14.5 Å². The van der Waals surface area contributed by atoms with Crippen LogP contribution in [0, 0.1) is 0 Å². The molecule has 6 nitrogen and oxygen atoms in total. The maximum absolute atomic E-state index is 12.2. The summed E-state index contributed by atoms with van der Waals surface area (Å²) in [5.41, 5.74) is 0.595. The van der Waals surface area contributed by atoms with Gasteiger partial charge in [0, 0.05) is 6.54 Å². The topological polar surface area (TPSA) is 67.9 Å². The minimum atomic E-state index is -0.515. The van der Waals surface area contributed by atoms with Crippen LogP contribution in [0.15, 0.2) is 24.3 Å². The molecule has 1 aliphatic heterocycles. The SMILES string of the molecule is CCN1CCOC(=O)[C@@H]1CC(=O)Nc1ccccc1OC. The lowest BCUT2D eigenvalue weighted by Crippen LogP contribution is -2.50. The number of methoxy groups -OCH3 is 1. The minimum Gasteiger partial charge on any atom is -0.495 e. The van der Waals surface area contributed by atoms with Gasteiger partial charge in [-0.15, -0.1) is 0 Å². The molecule has 0 radical (unpaired) electrons. The number of amides is 1. The molecule has 1 atom stereocenters. The number of nitrogens with zero attached hydrogens (tertiary/aromatic N) is 1. The molecule has 0 bridgehead atoms. The molecule has 1 aromatic carbocycles. The van der Waals surface area contributed by atoms with Gasteiger partial charge >= 0.3 is 5.97 Å². The Morgan fingerprint density at radius 2 is 2.24 bits per heavy atom. The van der Waals surface area contributed by atoms with Gasteiger partial charge in [0.05, 0.1) is 19.2 Å². The van der Waals surface area contributed by atoms with Crippen LogP contribution in [-0.4, -0.2) is 49.6 Å². The maximum atomic E-state index is 12.2. The lowest BCUT2D eigenvalue weighted by atomic mass is 10.1. The van der Waals surface area contributed by atoms with Gasteiger partial charge in [0.15, 0.2) is 0 Å². The molecule has 1 heterocycles. The summed E-state index contributed by atoms with van der Waals surface area (Å²) in [7, 11) is 1.54. The molecule has 114 valence electrons. The average molecular weight is 292 g/mol. The number of cyclic esters (lactones) is 1. The lowest BCUT2D eigenvalue weighted by molar-refractivity contribution is -0.158. The van der Waals surface area contributed by atoms with Crippen LogP contribution >= 0.6 is 0 Å². The van der Waals surface area contributed by atoms with Crippen LogP contribution in [0.5, 0.6) is 5.75 Å². The molecule has 0 unspecified atom stereocenters. The van der Waals surface area contributed by atoms with E-state index in [-0.39, 0.29) is 18.3 Å². The van der Waals surface area contributed by atoms with E-state index < -0.39 is 6.04 Å². The van der Waals surface area contributed by atoms with Crippen molar-refractivity contribution in [3.8, 4) is 5.75 Å². The van der Waals surface area contributed by atoms with E-state index in [4.69, 9.17) is 9.47 Å². The first-order chi connectivity index (χ1) is 10.2. The van der Waals surface area contributed by atoms with E-state index in [0.29, 0.717) is 31.1 Å². The largest absolute Gasteiger partial charge is 0.495 e. The van der Waals surface area contributed by atoms with Crippen molar-refractivity contribution in [2.45, 2.75) is 19.4 Å². The first-order valence-electron chi connectivity index (χ1n) is 6.99. The van der Waals surface area contributed by atoms with E-state index in [9.17, 15) is 9.59 Å². The third-order valence-electron chi connectivity index (χ3n) is 3.50. The monoisotopic (exact) mass is 292 g/mol. The molecule has 0 aliphatic carbocycles. The molecule has 1 N–H and O–H groups in total. The van der Waals surface area contributed by atoms with Crippen LogP contribution in [0.2, 0.25) is 0 Å². The van der Waals surface area contributed by atoms with Gasteiger partial charge in [0.1, 0.15) is 18.4 Å². The van der Waals surface area contributed by atoms with E-state index >= 15 is 0 Å². The second kappa shape index (κ2) is 7.08. The molecule has 0 spiro atoms. The Labute approximate surface area is 124 Å². The van der Waals surface area contributed by atoms with Crippen LogP contribution in [-0.2, 0) is 14.3 Å². The second-order valence-corrected chi connectivity index (χ2v) is 4.76. The van der Waals surface area contributed by atoms with E-state index in [1.165, 1.54) is 0 Å². The Bertz CT molecular complexity index is 518. The highest BCUT2D eigenvalue weighted by atomic mass is 16.5. The molecule has 0 saturated carbocycles. The first-order valence-corrected chi connectivity index (χ1v) is 6.99. The number of esters is 1. The summed E-state index contributed by atoms with van der Waals surface area (Å²) < 4.78 is 10.2. The Balaban J connectivity index is 2.01. The smallest absolute Gasteiger partial charge is 0.323 e. The van der Waals surface area contributed by atoms with Gasteiger partial charge < -0.3 is 14.8 Å². The van der Waals surface area contributed by atoms with Crippen molar-refractivity contribution >= 4 is 17.6 Å². The van der Waals surface area contributed by atoms with Crippen LogP contribution in [0.3, 0.4) is 0 Å². The number of anilines is 1. The van der Waals surface area contributed by atoms with Crippen molar-refractivity contribution in [1.82, 2.24) is 4.90 Å². The molecule has 2 rings (SSSR count). The van der Waals surface area contributed by atoms with E-state index in [1.807, 2.05) is 24.0 Å². The second-order valence-electron chi connectivity index (χ2n) is 4.76. The van der Waals surface area contributed by atoms with Crippen molar-refractivity contribution in [1.29, 1.82) is 0 Å². The first kappa shape index (κ1) is 15.3. The van der Waals surface area contributed by atoms with Crippen molar-refractivity contribution in [2.75, 3.05) is 32.1 Å². The summed E-state index contributed by atoms with van der Waals surface area (Å²) in [5.74, 6) is 0.0181. The molecular formula is C15H20N2O4. The standard InChI is InChI=1S/C15H20N2O4/c1-3-17-8-9-21-15(19)12(17)10-14(18)16-11-6-4-5-7-13(11)20-2/h4-7,12H,3,8-10H2,1-2H3,(H,16,18)/t12-/m0/s1. The van der Waals surface area contributed by atoms with Gasteiger partial charge in [0.2, 0.25) is 5.91 Å². The Hall–Kier alpha value is -2.08. The molecular weight excluding hydrogens is 272 g/mol. The number of benzene rings is 1. The summed E-state index contributed by atoms with van der Waals surface area (Å²) in [6.45, 7) is 3.72. The molecule has 21 heavy (non-hydrogen) atoms. The van der Waals surface area contributed by atoms with E-state index in [2.05, 4.69) is 5.32 Å². The molecule has 1 fully saturated rings. The minimum absolute atomic E-state index is 0.0741. The molecule has 1 amide bonds. The highest BCUT2D eigenvalue weighted by Gasteiger charge is 2.32. The summed E-state index contributed by atoms with van der Waals surface area (Å²) >= 11 is 0. The zero-order chi connectivity index (χ0) is 15.2. The summed E-state index contributed by atoms with van der Waals surface area (Å²) in [4.78, 5) is 25.9. The Morgan fingerprint density at radius 3 is 2.95 bits per heavy atom. The zero-order valence-corrected chi connectivity index (χ0v) is 12.3. The number of hydrogen-bond acceptors (Lipinski definition) is 5. The lowest BCUT2D eigenvalue weighted by Gasteiger charge is -2.32. The Morgan fingerprint density at radius 1 is 1.48 bits per heavy atom. The number of para-hydroxylation sites is 2. The Kier molecular flexibility index (Phi) is 5.16. The normalized spacial score (nSPS) is 19.0. The third-order valence-corrected chi connectivity index (χ3v) is 3.50. The third kappa shape index (κ3) is 3.72. The highest BCUT2D eigenvalue weighted by Crippen LogP contribution is 2.23. The fourth-order valence-electron chi connectivity index (χ4n) is 2.38. The fraction of sp³-hybridized carbons (Fsp3) is 0.467. The van der Waals surface area contributed by atoms with E-state index in [0.717, 1.165) is 0 Å². The number of carbonyl (C=O) groups is 2. The van der Waals surface area contributed by atoms with E-state index in [1.54, 1.807) is 19.2 Å². The number of hydrogen-bond donors (Lipinski definition) is 1. The predicted molar refractivity (Wildman–Crippen MR) is 78.2 cm³/mol. The summed E-state index contributed by atoms with van der Waals surface area (Å²) in [5, 5.41) is 2.78.